The Bertz CT molecular complexity index is 6510. The fourth-order valence-electron chi connectivity index (χ4n) is 17.0. The second-order valence-corrected chi connectivity index (χ2v) is 38.6. The number of halogens is 8. The number of hydrogen-bond acceptors (Lipinski definition) is 7. The minimum atomic E-state index is -5.84. The van der Waals surface area contributed by atoms with Gasteiger partial charge >= 0.3 is 52.7 Å². The van der Waals surface area contributed by atoms with Crippen molar-refractivity contribution in [3.05, 3.63) is 355 Å². The standard InChI is InChI=1S/C23H19Br.C23H20.C23H19.C14H9Br.C12H14F3O5PS.C9H13BO2.Br2.BrH.Zn/c1-14-12-15(2)21(16(3)13-14)22-17-8-4-6-10-19(17)23(24)20-11-7-5-9-18(20)22;2*1-15-12-16(2)22(17(3)13-15)23-20-10-6-4-8-18(20)14-19-9-5-7-11-21(19)23;15-14-12-7-3-1-5-10(12)9-11-6-2-4-8-13(11)14;1-11(2,3)21(16)7-19-8-5-4-6-9(10(8)21)20-22(17,18)12(13,14)15;1-6-4-7(2)9(10(11)12)8(3)5-6;1-2;;/h4-13H,1-3H3;4-14H,1-3H3;4-13H,1-3H3;1-9H;4-6H,7H2,1-3H3;4-5,11-12H,1-3H3;;1H;/q;;-1;;;;;;+2/p-1/t;;;;21-;;;;/m....1..../s1. The van der Waals surface area contributed by atoms with Gasteiger partial charge in [-0.2, -0.15) is 21.6 Å². The number of rotatable bonds is 6. The molecular weight excluding hydrogens is 1960 g/mol. The molecule has 1 aliphatic heterocycles. The summed E-state index contributed by atoms with van der Waals surface area (Å²) in [5, 5.41) is 37.6. The fraction of sp³-hybridized carbons (Fsp3) is 0.173. The number of ether oxygens (including phenoxy) is 1. The molecule has 0 unspecified atom stereocenters. The Balaban J connectivity index is 0.000000144. The summed E-state index contributed by atoms with van der Waals surface area (Å²) in [6.45, 7) is 30.5. The van der Waals surface area contributed by atoms with Crippen molar-refractivity contribution in [2.75, 3.05) is 6.35 Å². The molecule has 624 valence electrons. The Morgan fingerprint density at radius 2 is 0.675 bits per heavy atom. The summed E-state index contributed by atoms with van der Waals surface area (Å²) in [6.07, 6.45) is -0.210. The molecule has 17 aromatic rings. The Morgan fingerprint density at radius 3 is 1.02 bits per heavy atom. The van der Waals surface area contributed by atoms with Gasteiger partial charge in [0, 0.05) is 42.4 Å². The summed E-state index contributed by atoms with van der Waals surface area (Å²) >= 11 is 17.3. The van der Waals surface area contributed by atoms with Crippen LogP contribution < -0.4 is 19.7 Å². The second kappa shape index (κ2) is 40.8. The molecule has 0 amide bonds. The van der Waals surface area contributed by atoms with E-state index in [-0.39, 0.29) is 17.4 Å². The van der Waals surface area contributed by atoms with Gasteiger partial charge in [-0.3, -0.25) is 0 Å². The molecule has 17 aromatic carbocycles. The zero-order valence-corrected chi connectivity index (χ0v) is 83.9. The summed E-state index contributed by atoms with van der Waals surface area (Å²) in [7, 11) is -10.5. The summed E-state index contributed by atoms with van der Waals surface area (Å²) in [5.74, 6) is -0.529. The van der Waals surface area contributed by atoms with Gasteiger partial charge in [0.1, 0.15) is 17.4 Å². The second-order valence-electron chi connectivity index (χ2n) is 32.0. The molecule has 1 atom stereocenters. The van der Waals surface area contributed by atoms with Crippen LogP contribution >= 0.6 is 80.9 Å². The first-order valence-corrected chi connectivity index (χ1v) is 55.4. The molecule has 0 spiro atoms. The minimum absolute atomic E-state index is 0.0770. The van der Waals surface area contributed by atoms with Crippen LogP contribution in [-0.4, -0.2) is 42.6 Å². The molecular formula is C104H94BBr5F3O7PSZn. The first-order chi connectivity index (χ1) is 58.5. The van der Waals surface area contributed by atoms with Gasteiger partial charge in [0.2, 0.25) is 0 Å². The summed E-state index contributed by atoms with van der Waals surface area (Å²) in [5.41, 5.74) is 18.2. The van der Waals surface area contributed by atoms with Crippen molar-refractivity contribution in [3.63, 3.8) is 0 Å². The van der Waals surface area contributed by atoms with E-state index in [0.717, 1.165) is 22.8 Å². The van der Waals surface area contributed by atoms with Crippen molar-refractivity contribution in [1.29, 1.82) is 0 Å². The van der Waals surface area contributed by atoms with E-state index >= 15 is 0 Å². The van der Waals surface area contributed by atoms with Crippen LogP contribution in [0.5, 0.6) is 11.5 Å². The van der Waals surface area contributed by atoms with E-state index in [0.29, 0.717) is 5.46 Å². The molecule has 7 nitrogen and oxygen atoms in total. The van der Waals surface area contributed by atoms with Crippen LogP contribution in [0, 0.1) is 89.2 Å². The van der Waals surface area contributed by atoms with Gasteiger partial charge in [0.25, 0.3) is 0 Å². The summed E-state index contributed by atoms with van der Waals surface area (Å²) in [6, 6.07) is 98.3. The zero-order valence-electron chi connectivity index (χ0n) is 71.3. The Kier molecular flexibility index (Phi) is 31.5. The molecule has 18 rings (SSSR count). The average Bonchev–Trinajstić information content (AvgIpc) is 1.67. The molecule has 0 radical (unpaired) electrons. The van der Waals surface area contributed by atoms with Crippen LogP contribution in [-0.2, 0) is 31.0 Å². The molecule has 123 heavy (non-hydrogen) atoms. The Morgan fingerprint density at radius 1 is 0.390 bits per heavy atom. The number of hydrogen-bond donors (Lipinski definition) is 2. The molecule has 0 saturated heterocycles. The van der Waals surface area contributed by atoms with Crippen LogP contribution in [0.15, 0.2) is 282 Å². The van der Waals surface area contributed by atoms with Crippen molar-refractivity contribution < 1.29 is 61.5 Å². The van der Waals surface area contributed by atoms with Crippen LogP contribution in [0.3, 0.4) is 0 Å². The maximum atomic E-state index is 13.1. The number of benzene rings is 17. The number of alkyl halides is 3. The fourth-order valence-corrected chi connectivity index (χ4v) is 21.5. The van der Waals surface area contributed by atoms with Crippen LogP contribution in [0.25, 0.3) is 120 Å². The van der Waals surface area contributed by atoms with E-state index in [1.54, 1.807) is 20.8 Å². The molecule has 0 aliphatic carbocycles. The van der Waals surface area contributed by atoms with Crippen LogP contribution in [0.1, 0.15) is 87.5 Å². The zero-order chi connectivity index (χ0) is 89.3. The van der Waals surface area contributed by atoms with Gasteiger partial charge in [-0.15, -0.1) is 29.0 Å². The van der Waals surface area contributed by atoms with Crippen molar-refractivity contribution in [2.45, 2.75) is 115 Å². The third-order valence-corrected chi connectivity index (χ3v) is 28.6. The van der Waals surface area contributed by atoms with Crippen LogP contribution in [0.4, 0.5) is 13.2 Å². The Hall–Kier alpha value is -8.60. The first-order valence-electron chi connectivity index (χ1n) is 39.9. The summed E-state index contributed by atoms with van der Waals surface area (Å²) < 4.78 is 84.8. The van der Waals surface area contributed by atoms with E-state index in [1.807, 2.05) is 32.9 Å². The molecule has 1 heterocycles. The van der Waals surface area contributed by atoms with Crippen molar-refractivity contribution in [1.82, 2.24) is 0 Å². The number of fused-ring (bicyclic) bond motifs is 9. The van der Waals surface area contributed by atoms with Crippen molar-refractivity contribution >= 4 is 195 Å². The number of aryl methyl sites for hydroxylation is 12. The topological polar surface area (TPSA) is 110 Å². The van der Waals surface area contributed by atoms with Gasteiger partial charge < -0.3 is 23.5 Å². The predicted octanol–water partition coefficient (Wildman–Crippen LogP) is 31.0. The van der Waals surface area contributed by atoms with Gasteiger partial charge in [0.15, 0.2) is 12.9 Å². The van der Waals surface area contributed by atoms with E-state index in [4.69, 9.17) is 14.8 Å². The summed E-state index contributed by atoms with van der Waals surface area (Å²) in [4.78, 5) is 0. The first kappa shape index (κ1) is 95.1. The normalized spacial score (nSPS) is 12.8. The average molecular weight is 2050 g/mol. The van der Waals surface area contributed by atoms with Gasteiger partial charge in [0.05, 0.1) is 0 Å². The Labute approximate surface area is 769 Å². The van der Waals surface area contributed by atoms with E-state index in [1.165, 1.54) is 207 Å². The van der Waals surface area contributed by atoms with Crippen LogP contribution in [0.2, 0.25) is 0 Å². The quantitative estimate of drug-likeness (QED) is 0.0426. The molecule has 2 N–H and O–H groups in total. The van der Waals surface area contributed by atoms with Gasteiger partial charge in [-0.1, -0.05) is 307 Å². The molecule has 0 aromatic heterocycles. The molecule has 0 fully saturated rings. The molecule has 0 bridgehead atoms. The SMILES string of the molecule is BrBr.Brc1c2ccccc2cc2ccccc12.CC(C)(C)[P@@]1(=O)COc2cccc(OS(=O)(=O)C(F)(F)F)c21.Cc1cc(C)c(-c2c3ccccc3[c-]c3ccccc23)c(C)c1.Cc1cc(C)c(-c2c3ccccc3c(Br)c3ccccc23)c(C)c1.Cc1cc(C)c(-c2c3ccccc3cc3ccccc23)c(C)c1.Cc1cc(C)c(B(O)O)c(C)c1.[Zn+][Br]. The molecule has 1 aliphatic rings. The monoisotopic (exact) mass is 2040 g/mol. The van der Waals surface area contributed by atoms with Crippen molar-refractivity contribution in [2.24, 2.45) is 0 Å². The third kappa shape index (κ3) is 20.8. The van der Waals surface area contributed by atoms with E-state index in [9.17, 15) is 26.2 Å². The van der Waals surface area contributed by atoms with Gasteiger partial charge in [-0.25, -0.2) is 0 Å². The van der Waals surface area contributed by atoms with E-state index < -0.39 is 40.8 Å². The van der Waals surface area contributed by atoms with Gasteiger partial charge in [-0.05, 0) is 271 Å². The maximum absolute atomic E-state index is 13.1. The predicted molar refractivity (Wildman–Crippen MR) is 531 cm³/mol. The van der Waals surface area contributed by atoms with E-state index in [2.05, 4.69) is 389 Å². The third-order valence-electron chi connectivity index (χ3n) is 22.1. The molecule has 0 saturated carbocycles. The van der Waals surface area contributed by atoms with Crippen molar-refractivity contribution in [3.8, 4) is 44.9 Å². The molecule has 19 heteroatoms.